The molecule has 0 bridgehead atoms. The molecule has 0 aliphatic heterocycles. The van der Waals surface area contributed by atoms with E-state index in [1.165, 1.54) is 4.90 Å². The van der Waals surface area contributed by atoms with Crippen molar-refractivity contribution in [2.24, 2.45) is 0 Å². The lowest BCUT2D eigenvalue weighted by Crippen LogP contribution is -2.52. The Hall–Kier alpha value is -1.30. The molecule has 0 heterocycles. The van der Waals surface area contributed by atoms with Crippen LogP contribution in [-0.4, -0.2) is 66.3 Å². The summed E-state index contributed by atoms with van der Waals surface area (Å²) in [5.74, 6) is -0.973. The highest BCUT2D eigenvalue weighted by Crippen LogP contribution is 2.14. The molecule has 0 aromatic rings. The third-order valence-corrected chi connectivity index (χ3v) is 3.61. The highest BCUT2D eigenvalue weighted by Gasteiger charge is 2.30. The molecule has 1 N–H and O–H groups in total. The highest BCUT2D eigenvalue weighted by molar-refractivity contribution is 5.82. The van der Waals surface area contributed by atoms with Crippen LogP contribution in [0.2, 0.25) is 0 Å². The number of urea groups is 1. The number of hydrogen-bond donors (Lipinski definition) is 1. The first-order chi connectivity index (χ1) is 9.44. The second kappa shape index (κ2) is 9.58. The largest absolute Gasteiger partial charge is 0.480 e. The first-order valence-electron chi connectivity index (χ1n) is 7.19. The van der Waals surface area contributed by atoms with E-state index in [1.54, 1.807) is 26.0 Å². The maximum Gasteiger partial charge on any atom is 0.326 e. The van der Waals surface area contributed by atoms with E-state index in [4.69, 9.17) is 9.84 Å². The number of hydrogen-bond acceptors (Lipinski definition) is 3. The number of carboxylic acids is 1. The number of carbonyl (C=O) groups excluding carboxylic acids is 1. The summed E-state index contributed by atoms with van der Waals surface area (Å²) < 4.78 is 5.05. The van der Waals surface area contributed by atoms with Crippen molar-refractivity contribution in [3.8, 4) is 0 Å². The van der Waals surface area contributed by atoms with Crippen molar-refractivity contribution in [1.82, 2.24) is 9.80 Å². The van der Waals surface area contributed by atoms with Crippen LogP contribution < -0.4 is 0 Å². The molecule has 0 aliphatic rings. The molecular weight excluding hydrogens is 260 g/mol. The molecule has 2 amide bonds. The number of ether oxygens (including phenoxy) is 1. The summed E-state index contributed by atoms with van der Waals surface area (Å²) in [6.07, 6.45) is 2.06. The SMILES string of the molecule is CCC(C(=O)O)N(C)C(=O)N(CCOC)C(CC)CC. The van der Waals surface area contributed by atoms with E-state index < -0.39 is 12.0 Å². The van der Waals surface area contributed by atoms with Gasteiger partial charge in [-0.25, -0.2) is 9.59 Å². The van der Waals surface area contributed by atoms with Gasteiger partial charge in [-0.2, -0.15) is 0 Å². The molecule has 118 valence electrons. The van der Waals surface area contributed by atoms with Gasteiger partial charge >= 0.3 is 12.0 Å². The maximum atomic E-state index is 12.5. The zero-order valence-electron chi connectivity index (χ0n) is 13.3. The second-order valence-corrected chi connectivity index (χ2v) is 4.81. The van der Waals surface area contributed by atoms with Crippen LogP contribution in [0.1, 0.15) is 40.0 Å². The number of nitrogens with zero attached hydrogens (tertiary/aromatic N) is 2. The Morgan fingerprint density at radius 3 is 2.05 bits per heavy atom. The summed E-state index contributed by atoms with van der Waals surface area (Å²) in [5, 5.41) is 9.17. The predicted octanol–water partition coefficient (Wildman–Crippen LogP) is 2.04. The van der Waals surface area contributed by atoms with Crippen molar-refractivity contribution < 1.29 is 19.4 Å². The lowest BCUT2D eigenvalue weighted by molar-refractivity contribution is -0.142. The molecule has 0 saturated heterocycles. The van der Waals surface area contributed by atoms with Gasteiger partial charge in [0, 0.05) is 26.7 Å². The molecule has 0 radical (unpaired) electrons. The van der Waals surface area contributed by atoms with Crippen LogP contribution in [0.15, 0.2) is 0 Å². The molecule has 20 heavy (non-hydrogen) atoms. The van der Waals surface area contributed by atoms with Gasteiger partial charge in [-0.15, -0.1) is 0 Å². The summed E-state index contributed by atoms with van der Waals surface area (Å²) in [6, 6.07) is -0.932. The van der Waals surface area contributed by atoms with Crippen LogP contribution in [-0.2, 0) is 9.53 Å². The summed E-state index contributed by atoms with van der Waals surface area (Å²) in [4.78, 5) is 26.8. The average Bonchev–Trinajstić information content (AvgIpc) is 2.43. The summed E-state index contributed by atoms with van der Waals surface area (Å²) in [5.41, 5.74) is 0. The van der Waals surface area contributed by atoms with E-state index in [0.29, 0.717) is 19.6 Å². The standard InChI is InChI=1S/C14H28N2O4/c1-6-11(7-2)16(9-10-20-5)14(19)15(4)12(8-3)13(17)18/h11-12H,6-10H2,1-5H3,(H,17,18). The Morgan fingerprint density at radius 1 is 1.15 bits per heavy atom. The summed E-state index contributed by atoms with van der Waals surface area (Å²) >= 11 is 0. The van der Waals surface area contributed by atoms with E-state index in [2.05, 4.69) is 0 Å². The number of likely N-dealkylation sites (N-methyl/N-ethyl adjacent to an activating group) is 1. The quantitative estimate of drug-likeness (QED) is 0.705. The van der Waals surface area contributed by atoms with Gasteiger partial charge in [0.1, 0.15) is 6.04 Å². The first kappa shape index (κ1) is 18.7. The highest BCUT2D eigenvalue weighted by atomic mass is 16.5. The summed E-state index contributed by atoms with van der Waals surface area (Å²) in [7, 11) is 3.14. The average molecular weight is 288 g/mol. The smallest absolute Gasteiger partial charge is 0.326 e. The zero-order valence-corrected chi connectivity index (χ0v) is 13.3. The first-order valence-corrected chi connectivity index (χ1v) is 7.19. The van der Waals surface area contributed by atoms with Crippen molar-refractivity contribution in [2.75, 3.05) is 27.3 Å². The van der Waals surface area contributed by atoms with Crippen molar-refractivity contribution in [3.05, 3.63) is 0 Å². The van der Waals surface area contributed by atoms with Crippen LogP contribution in [0.3, 0.4) is 0 Å². The minimum atomic E-state index is -0.973. The zero-order chi connectivity index (χ0) is 15.7. The molecule has 6 nitrogen and oxygen atoms in total. The number of amides is 2. The fourth-order valence-corrected chi connectivity index (χ4v) is 2.30. The number of methoxy groups -OCH3 is 1. The van der Waals surface area contributed by atoms with E-state index in [0.717, 1.165) is 12.8 Å². The van der Waals surface area contributed by atoms with Gasteiger partial charge in [0.25, 0.3) is 0 Å². The van der Waals surface area contributed by atoms with E-state index in [-0.39, 0.29) is 12.1 Å². The second-order valence-electron chi connectivity index (χ2n) is 4.81. The lowest BCUT2D eigenvalue weighted by Gasteiger charge is -2.35. The predicted molar refractivity (Wildman–Crippen MR) is 77.8 cm³/mol. The van der Waals surface area contributed by atoms with Gasteiger partial charge in [-0.05, 0) is 19.3 Å². The molecule has 0 aliphatic carbocycles. The molecule has 0 fully saturated rings. The molecule has 6 heteroatoms. The van der Waals surface area contributed by atoms with Crippen LogP contribution in [0.4, 0.5) is 4.79 Å². The molecule has 1 unspecified atom stereocenters. The molecule has 0 spiro atoms. The van der Waals surface area contributed by atoms with Gasteiger partial charge in [0.05, 0.1) is 6.61 Å². The normalized spacial score (nSPS) is 12.3. The van der Waals surface area contributed by atoms with Crippen LogP contribution in [0, 0.1) is 0 Å². The van der Waals surface area contributed by atoms with Crippen LogP contribution in [0.25, 0.3) is 0 Å². The molecule has 0 aromatic carbocycles. The molecule has 1 atom stereocenters. The number of carbonyl (C=O) groups is 2. The molecule has 0 rings (SSSR count). The van der Waals surface area contributed by atoms with Crippen molar-refractivity contribution in [3.63, 3.8) is 0 Å². The third kappa shape index (κ3) is 5.00. The third-order valence-electron chi connectivity index (χ3n) is 3.61. The number of rotatable bonds is 9. The molecule has 0 aromatic heterocycles. The van der Waals surface area contributed by atoms with Crippen molar-refractivity contribution in [2.45, 2.75) is 52.1 Å². The van der Waals surface area contributed by atoms with E-state index in [1.807, 2.05) is 13.8 Å². The van der Waals surface area contributed by atoms with Crippen LogP contribution in [0.5, 0.6) is 0 Å². The van der Waals surface area contributed by atoms with E-state index in [9.17, 15) is 9.59 Å². The Bertz CT molecular complexity index is 306. The van der Waals surface area contributed by atoms with Gasteiger partial charge in [0.2, 0.25) is 0 Å². The minimum Gasteiger partial charge on any atom is -0.480 e. The Balaban J connectivity index is 5.04. The van der Waals surface area contributed by atoms with Gasteiger partial charge in [0.15, 0.2) is 0 Å². The maximum absolute atomic E-state index is 12.5. The molecule has 0 saturated carbocycles. The Labute approximate surface area is 121 Å². The van der Waals surface area contributed by atoms with Gasteiger partial charge < -0.3 is 19.6 Å². The van der Waals surface area contributed by atoms with Crippen molar-refractivity contribution >= 4 is 12.0 Å². The Morgan fingerprint density at radius 2 is 1.70 bits per heavy atom. The minimum absolute atomic E-state index is 0.103. The van der Waals surface area contributed by atoms with Crippen molar-refractivity contribution in [1.29, 1.82) is 0 Å². The van der Waals surface area contributed by atoms with E-state index >= 15 is 0 Å². The fourth-order valence-electron chi connectivity index (χ4n) is 2.30. The van der Waals surface area contributed by atoms with Crippen LogP contribution >= 0.6 is 0 Å². The molecular formula is C14H28N2O4. The fraction of sp³-hybridized carbons (Fsp3) is 0.857. The lowest BCUT2D eigenvalue weighted by atomic mass is 10.1. The monoisotopic (exact) mass is 288 g/mol. The van der Waals surface area contributed by atoms with Gasteiger partial charge in [-0.3, -0.25) is 0 Å². The number of aliphatic carboxylic acids is 1. The van der Waals surface area contributed by atoms with Gasteiger partial charge in [-0.1, -0.05) is 20.8 Å². The topological polar surface area (TPSA) is 70.1 Å². The summed E-state index contributed by atoms with van der Waals surface area (Å²) in [6.45, 7) is 6.73. The number of carboxylic acid groups (broad SMARTS) is 1. The Kier molecular flexibility index (Phi) is 8.96.